The van der Waals surface area contributed by atoms with Gasteiger partial charge in [0.15, 0.2) is 0 Å². The fourth-order valence-corrected chi connectivity index (χ4v) is 2.60. The van der Waals surface area contributed by atoms with E-state index in [4.69, 9.17) is 15.2 Å². The van der Waals surface area contributed by atoms with E-state index in [9.17, 15) is 4.79 Å². The van der Waals surface area contributed by atoms with Gasteiger partial charge in [-0.3, -0.25) is 4.79 Å². The van der Waals surface area contributed by atoms with Gasteiger partial charge in [-0.1, -0.05) is 19.8 Å². The monoisotopic (exact) mass is 271 g/mol. The minimum Gasteiger partial charge on any atom is -0.465 e. The molecular formula is C15H29NO3. The van der Waals surface area contributed by atoms with E-state index >= 15 is 0 Å². The third-order valence-corrected chi connectivity index (χ3v) is 3.95. The van der Waals surface area contributed by atoms with Crippen LogP contribution in [0, 0.1) is 5.92 Å². The summed E-state index contributed by atoms with van der Waals surface area (Å²) in [5.41, 5.74) is 5.07. The molecule has 1 aliphatic rings. The first-order chi connectivity index (χ1) is 8.97. The summed E-state index contributed by atoms with van der Waals surface area (Å²) in [6.45, 7) is 6.84. The van der Waals surface area contributed by atoms with Crippen molar-refractivity contribution in [3.8, 4) is 0 Å². The highest BCUT2D eigenvalue weighted by Gasteiger charge is 2.29. The van der Waals surface area contributed by atoms with Gasteiger partial charge in [0.05, 0.1) is 12.7 Å². The van der Waals surface area contributed by atoms with E-state index in [1.807, 2.05) is 0 Å². The first-order valence-electron chi connectivity index (χ1n) is 7.55. The van der Waals surface area contributed by atoms with Gasteiger partial charge < -0.3 is 15.2 Å². The maximum Gasteiger partial charge on any atom is 0.325 e. The lowest BCUT2D eigenvalue weighted by molar-refractivity contribution is -0.149. The zero-order chi connectivity index (χ0) is 14.3. The molecule has 3 unspecified atom stereocenters. The van der Waals surface area contributed by atoms with Gasteiger partial charge in [0.2, 0.25) is 0 Å². The molecule has 0 saturated heterocycles. The normalized spacial score (nSPS) is 26.7. The summed E-state index contributed by atoms with van der Waals surface area (Å²) in [6.07, 6.45) is 6.82. The van der Waals surface area contributed by atoms with Crippen molar-refractivity contribution in [3.63, 3.8) is 0 Å². The maximum atomic E-state index is 11.6. The molecule has 0 heterocycles. The molecule has 0 bridgehead atoms. The smallest absolute Gasteiger partial charge is 0.325 e. The minimum absolute atomic E-state index is 0.318. The highest BCUT2D eigenvalue weighted by atomic mass is 16.5. The molecule has 4 nitrogen and oxygen atoms in total. The lowest BCUT2D eigenvalue weighted by Gasteiger charge is -2.29. The van der Waals surface area contributed by atoms with Crippen LogP contribution in [0.2, 0.25) is 0 Å². The Kier molecular flexibility index (Phi) is 6.80. The van der Waals surface area contributed by atoms with Crippen LogP contribution in [0.3, 0.4) is 0 Å². The molecule has 0 amide bonds. The topological polar surface area (TPSA) is 61.5 Å². The third kappa shape index (κ3) is 5.49. The second-order valence-corrected chi connectivity index (χ2v) is 5.91. The molecule has 2 N–H and O–H groups in total. The van der Waals surface area contributed by atoms with Crippen molar-refractivity contribution in [2.75, 3.05) is 13.2 Å². The Morgan fingerprint density at radius 1 is 1.37 bits per heavy atom. The van der Waals surface area contributed by atoms with Crippen LogP contribution in [0.15, 0.2) is 0 Å². The lowest BCUT2D eigenvalue weighted by atomic mass is 9.88. The van der Waals surface area contributed by atoms with Gasteiger partial charge in [0, 0.05) is 6.61 Å². The van der Waals surface area contributed by atoms with Gasteiger partial charge in [-0.2, -0.15) is 0 Å². The highest BCUT2D eigenvalue weighted by Crippen LogP contribution is 2.26. The largest absolute Gasteiger partial charge is 0.465 e. The van der Waals surface area contributed by atoms with Gasteiger partial charge >= 0.3 is 5.97 Å². The fourth-order valence-electron chi connectivity index (χ4n) is 2.60. The summed E-state index contributed by atoms with van der Waals surface area (Å²) in [7, 11) is 0. The first kappa shape index (κ1) is 16.4. The Balaban J connectivity index is 2.20. The molecule has 112 valence electrons. The van der Waals surface area contributed by atoms with E-state index in [0.717, 1.165) is 6.42 Å². The van der Waals surface area contributed by atoms with Crippen LogP contribution >= 0.6 is 0 Å². The Bertz CT molecular complexity index is 279. The molecule has 0 radical (unpaired) electrons. The van der Waals surface area contributed by atoms with Crippen molar-refractivity contribution in [2.24, 2.45) is 11.7 Å². The van der Waals surface area contributed by atoms with E-state index < -0.39 is 5.54 Å². The zero-order valence-electron chi connectivity index (χ0n) is 12.6. The molecule has 1 rings (SSSR count). The fraction of sp³-hybridized carbons (Fsp3) is 0.933. The number of hydrogen-bond acceptors (Lipinski definition) is 4. The molecule has 19 heavy (non-hydrogen) atoms. The molecule has 1 saturated carbocycles. The molecule has 4 heteroatoms. The summed E-state index contributed by atoms with van der Waals surface area (Å²) in [5.74, 6) is 0.337. The second-order valence-electron chi connectivity index (χ2n) is 5.91. The van der Waals surface area contributed by atoms with Gasteiger partial charge in [-0.15, -0.1) is 0 Å². The number of carbonyl (C=O) groups excluding carboxylic acids is 1. The summed E-state index contributed by atoms with van der Waals surface area (Å²) in [6, 6.07) is 0. The van der Waals surface area contributed by atoms with Crippen LogP contribution in [0.1, 0.15) is 59.3 Å². The van der Waals surface area contributed by atoms with Crippen molar-refractivity contribution < 1.29 is 14.3 Å². The maximum absolute atomic E-state index is 11.6. The van der Waals surface area contributed by atoms with E-state index in [1.54, 1.807) is 13.8 Å². The Morgan fingerprint density at radius 2 is 2.05 bits per heavy atom. The first-order valence-corrected chi connectivity index (χ1v) is 7.55. The minimum atomic E-state index is -0.891. The summed E-state index contributed by atoms with van der Waals surface area (Å²) >= 11 is 0. The zero-order valence-corrected chi connectivity index (χ0v) is 12.6. The van der Waals surface area contributed by atoms with E-state index in [0.29, 0.717) is 31.7 Å². The Morgan fingerprint density at radius 3 is 2.68 bits per heavy atom. The molecule has 0 aromatic heterocycles. The third-order valence-electron chi connectivity index (χ3n) is 3.95. The molecule has 1 aliphatic carbocycles. The van der Waals surface area contributed by atoms with Crippen molar-refractivity contribution in [2.45, 2.75) is 70.9 Å². The lowest BCUT2D eigenvalue weighted by Crippen LogP contribution is -2.46. The van der Waals surface area contributed by atoms with Crippen LogP contribution in [0.5, 0.6) is 0 Å². The van der Waals surface area contributed by atoms with Crippen molar-refractivity contribution in [1.82, 2.24) is 0 Å². The number of carbonyl (C=O) groups is 1. The second kappa shape index (κ2) is 7.85. The Hall–Kier alpha value is -0.610. The number of rotatable bonds is 7. The van der Waals surface area contributed by atoms with Gasteiger partial charge in [-0.05, 0) is 45.4 Å². The van der Waals surface area contributed by atoms with Crippen LogP contribution in [-0.4, -0.2) is 30.8 Å². The van der Waals surface area contributed by atoms with Crippen molar-refractivity contribution in [3.05, 3.63) is 0 Å². The average molecular weight is 271 g/mol. The molecule has 0 aliphatic heterocycles. The molecule has 0 spiro atoms. The number of hydrogen-bond donors (Lipinski definition) is 1. The van der Waals surface area contributed by atoms with Crippen LogP contribution < -0.4 is 5.73 Å². The predicted molar refractivity (Wildman–Crippen MR) is 75.8 cm³/mol. The average Bonchev–Trinajstić information content (AvgIpc) is 2.37. The van der Waals surface area contributed by atoms with Crippen LogP contribution in [0.4, 0.5) is 0 Å². The van der Waals surface area contributed by atoms with E-state index in [2.05, 4.69) is 6.92 Å². The van der Waals surface area contributed by atoms with Crippen LogP contribution in [0.25, 0.3) is 0 Å². The number of nitrogens with two attached hydrogens (primary N) is 1. The van der Waals surface area contributed by atoms with E-state index in [-0.39, 0.29) is 5.97 Å². The molecular weight excluding hydrogens is 242 g/mol. The summed E-state index contributed by atoms with van der Waals surface area (Å²) < 4.78 is 10.9. The highest BCUT2D eigenvalue weighted by molar-refractivity contribution is 5.79. The van der Waals surface area contributed by atoms with Gasteiger partial charge in [-0.25, -0.2) is 0 Å². The molecule has 0 aromatic carbocycles. The van der Waals surface area contributed by atoms with Crippen LogP contribution in [-0.2, 0) is 14.3 Å². The van der Waals surface area contributed by atoms with Crippen molar-refractivity contribution >= 4 is 5.97 Å². The number of ether oxygens (including phenoxy) is 2. The summed E-state index contributed by atoms with van der Waals surface area (Å²) in [5, 5.41) is 0. The van der Waals surface area contributed by atoms with E-state index in [1.165, 1.54) is 25.7 Å². The SMILES string of the molecule is CCOC(=O)C(C)(N)CCCOC1CCCCC1C. The molecule has 1 fully saturated rings. The summed E-state index contributed by atoms with van der Waals surface area (Å²) in [4.78, 5) is 11.6. The van der Waals surface area contributed by atoms with Gasteiger partial charge in [0.25, 0.3) is 0 Å². The molecule has 3 atom stereocenters. The van der Waals surface area contributed by atoms with Gasteiger partial charge in [0.1, 0.15) is 5.54 Å². The Labute approximate surface area is 117 Å². The standard InChI is InChI=1S/C15H29NO3/c1-4-18-14(17)15(3,16)10-7-11-19-13-9-6-5-8-12(13)2/h12-13H,4-11,16H2,1-3H3. The predicted octanol–water partition coefficient (Wildman–Crippen LogP) is 2.64. The molecule has 0 aromatic rings. The number of esters is 1. The van der Waals surface area contributed by atoms with Crippen molar-refractivity contribution in [1.29, 1.82) is 0 Å². The quantitative estimate of drug-likeness (QED) is 0.571.